The first-order chi connectivity index (χ1) is 17.4. The summed E-state index contributed by atoms with van der Waals surface area (Å²) in [6, 6.07) is 10.5. The summed E-state index contributed by atoms with van der Waals surface area (Å²) in [5.74, 6) is -1.20. The monoisotopic (exact) mass is 527 g/mol. The first-order valence-corrected chi connectivity index (χ1v) is 12.4. The number of hydrogen-bond acceptors (Lipinski definition) is 4. The van der Waals surface area contributed by atoms with E-state index in [-0.39, 0.29) is 42.6 Å². The Labute approximate surface area is 218 Å². The number of aromatic amines is 1. The molecule has 7 rings (SSSR count). The number of aromatic nitrogens is 1. The van der Waals surface area contributed by atoms with E-state index >= 15 is 4.39 Å². The van der Waals surface area contributed by atoms with Crippen molar-refractivity contribution in [3.05, 3.63) is 92.1 Å². The predicted molar refractivity (Wildman–Crippen MR) is 138 cm³/mol. The molecule has 2 bridgehead atoms. The molecule has 9 heteroatoms. The smallest absolute Gasteiger partial charge is 0.408 e. The summed E-state index contributed by atoms with van der Waals surface area (Å²) in [5, 5.41) is 0.664. The van der Waals surface area contributed by atoms with Crippen LogP contribution in [0.25, 0.3) is 12.2 Å². The average molecular weight is 528 g/mol. The number of fused-ring (bicyclic) bond motifs is 4. The molecule has 1 N–H and O–H groups in total. The van der Waals surface area contributed by atoms with Crippen LogP contribution in [0.15, 0.2) is 51.7 Å². The number of oxazole rings is 1. The molecule has 194 valence electrons. The summed E-state index contributed by atoms with van der Waals surface area (Å²) >= 11 is 0. The molecular formula is C28H28ClF2N3O3. The van der Waals surface area contributed by atoms with Gasteiger partial charge in [-0.2, -0.15) is 0 Å². The van der Waals surface area contributed by atoms with E-state index in [0.717, 1.165) is 38.0 Å². The third kappa shape index (κ3) is 5.00. The van der Waals surface area contributed by atoms with Crippen LogP contribution in [0.1, 0.15) is 46.7 Å². The quantitative estimate of drug-likeness (QED) is 0.553. The van der Waals surface area contributed by atoms with Gasteiger partial charge in [0, 0.05) is 36.2 Å². The minimum Gasteiger partial charge on any atom is -0.408 e. The Kier molecular flexibility index (Phi) is 7.05. The van der Waals surface area contributed by atoms with E-state index in [9.17, 15) is 14.0 Å². The van der Waals surface area contributed by atoms with E-state index in [1.54, 1.807) is 11.0 Å². The van der Waals surface area contributed by atoms with Gasteiger partial charge in [-0.15, -0.1) is 12.4 Å². The van der Waals surface area contributed by atoms with Crippen LogP contribution >= 0.6 is 12.4 Å². The molecular weight excluding hydrogens is 500 g/mol. The number of benzene rings is 2. The number of amides is 1. The van der Waals surface area contributed by atoms with Gasteiger partial charge in [0.25, 0.3) is 5.91 Å². The third-order valence-electron chi connectivity index (χ3n) is 7.85. The maximum Gasteiger partial charge on any atom is 0.417 e. The number of H-pyrrole nitrogens is 1. The molecule has 1 aromatic heterocycles. The summed E-state index contributed by atoms with van der Waals surface area (Å²) < 4.78 is 33.9. The van der Waals surface area contributed by atoms with Crippen molar-refractivity contribution in [1.82, 2.24) is 14.8 Å². The van der Waals surface area contributed by atoms with Crippen LogP contribution in [0.3, 0.4) is 0 Å². The molecule has 0 spiro atoms. The highest BCUT2D eigenvalue weighted by Crippen LogP contribution is 2.33. The zero-order valence-electron chi connectivity index (χ0n) is 20.2. The fourth-order valence-electron chi connectivity index (χ4n) is 5.87. The number of piperidine rings is 3. The zero-order valence-corrected chi connectivity index (χ0v) is 21.0. The summed E-state index contributed by atoms with van der Waals surface area (Å²) in [5.41, 5.74) is 2.21. The van der Waals surface area contributed by atoms with Crippen molar-refractivity contribution in [3.63, 3.8) is 0 Å². The first kappa shape index (κ1) is 25.4. The lowest BCUT2D eigenvalue weighted by molar-refractivity contribution is 0.00433. The summed E-state index contributed by atoms with van der Waals surface area (Å²) in [4.78, 5) is 32.0. The van der Waals surface area contributed by atoms with E-state index in [1.807, 2.05) is 18.2 Å². The second kappa shape index (κ2) is 10.3. The third-order valence-corrected chi connectivity index (χ3v) is 7.85. The minimum absolute atomic E-state index is 0. The van der Waals surface area contributed by atoms with Gasteiger partial charge < -0.3 is 14.2 Å². The predicted octanol–water partition coefficient (Wildman–Crippen LogP) is 3.15. The maximum absolute atomic E-state index is 15.1. The van der Waals surface area contributed by atoms with Crippen molar-refractivity contribution in [3.8, 4) is 0 Å². The molecule has 3 saturated heterocycles. The van der Waals surface area contributed by atoms with Crippen molar-refractivity contribution in [2.75, 3.05) is 19.6 Å². The van der Waals surface area contributed by atoms with E-state index in [1.165, 1.54) is 30.3 Å². The Hall–Kier alpha value is -3.23. The van der Waals surface area contributed by atoms with Crippen LogP contribution in [-0.2, 0) is 6.54 Å². The summed E-state index contributed by atoms with van der Waals surface area (Å²) in [6.07, 6.45) is 6.45. The number of hydrogen-bond donors (Lipinski definition) is 1. The largest absolute Gasteiger partial charge is 0.417 e. The van der Waals surface area contributed by atoms with E-state index in [4.69, 9.17) is 4.42 Å². The van der Waals surface area contributed by atoms with Gasteiger partial charge in [0.15, 0.2) is 5.42 Å². The fourth-order valence-corrected chi connectivity index (χ4v) is 5.87. The lowest BCUT2D eigenvalue weighted by Gasteiger charge is -2.49. The lowest BCUT2D eigenvalue weighted by atomic mass is 9.82. The van der Waals surface area contributed by atoms with Crippen molar-refractivity contribution in [1.29, 1.82) is 0 Å². The Morgan fingerprint density at radius 2 is 1.86 bits per heavy atom. The molecule has 1 unspecified atom stereocenters. The Bertz CT molecular complexity index is 1480. The van der Waals surface area contributed by atoms with Gasteiger partial charge in [-0.3, -0.25) is 9.78 Å². The molecule has 37 heavy (non-hydrogen) atoms. The highest BCUT2D eigenvalue weighted by Gasteiger charge is 2.39. The van der Waals surface area contributed by atoms with Gasteiger partial charge in [0.05, 0.1) is 5.35 Å². The van der Waals surface area contributed by atoms with Crippen LogP contribution in [0.5, 0.6) is 0 Å². The van der Waals surface area contributed by atoms with Gasteiger partial charge >= 0.3 is 5.76 Å². The van der Waals surface area contributed by atoms with Crippen molar-refractivity contribution in [2.45, 2.75) is 37.8 Å². The molecule has 0 radical (unpaired) electrons. The number of carbonyl (C=O) groups excluding carboxylic acids is 1. The Morgan fingerprint density at radius 1 is 1.11 bits per heavy atom. The van der Waals surface area contributed by atoms with Gasteiger partial charge in [0.1, 0.15) is 11.6 Å². The van der Waals surface area contributed by atoms with Crippen molar-refractivity contribution >= 4 is 30.5 Å². The molecule has 4 heterocycles. The molecule has 0 saturated carbocycles. The van der Waals surface area contributed by atoms with Crippen LogP contribution in [0, 0.1) is 17.6 Å². The van der Waals surface area contributed by atoms with Crippen LogP contribution in [-0.4, -0.2) is 46.4 Å². The number of nitrogens with one attached hydrogen (secondary N) is 1. The minimum atomic E-state index is -0.500. The highest BCUT2D eigenvalue weighted by molar-refractivity contribution is 5.94. The van der Waals surface area contributed by atoms with Crippen LogP contribution < -0.4 is 16.5 Å². The topological polar surface area (TPSA) is 69.5 Å². The second-order valence-corrected chi connectivity index (χ2v) is 10.0. The SMILES string of the molecule is Cl.O=C(c1ccc(F)cc1)N(Cc1cc(C2C=c3oc(=O)[nH]c3=CC2)ccc1F)[C@H]1CN2CCC1CC2. The average Bonchev–Trinajstić information content (AvgIpc) is 3.28. The fraction of sp³-hybridized carbons (Fsp3) is 0.357. The molecule has 3 aliphatic heterocycles. The van der Waals surface area contributed by atoms with Crippen molar-refractivity contribution in [2.24, 2.45) is 5.92 Å². The molecule has 3 aromatic rings. The van der Waals surface area contributed by atoms with Gasteiger partial charge in [0.2, 0.25) is 0 Å². The normalized spacial score (nSPS) is 23.8. The number of halogens is 3. The Morgan fingerprint density at radius 3 is 2.57 bits per heavy atom. The molecule has 1 aliphatic carbocycles. The number of rotatable bonds is 5. The van der Waals surface area contributed by atoms with Crippen molar-refractivity contribution < 1.29 is 18.0 Å². The first-order valence-electron chi connectivity index (χ1n) is 12.4. The van der Waals surface area contributed by atoms with E-state index < -0.39 is 11.6 Å². The van der Waals surface area contributed by atoms with E-state index in [0.29, 0.717) is 34.2 Å². The molecule has 2 atom stereocenters. The molecule has 2 aromatic carbocycles. The van der Waals surface area contributed by atoms with Gasteiger partial charge in [-0.1, -0.05) is 18.2 Å². The summed E-state index contributed by atoms with van der Waals surface area (Å²) in [7, 11) is 0. The standard InChI is InChI=1S/C28H27F2N3O3.ClH/c29-22-5-1-18(2-6-22)27(34)33(25-16-32-11-9-17(25)10-12-32)15-21-13-19(3-7-23(21)30)20-4-8-24-26(14-20)36-28(35)31-24;/h1-3,5-8,13-14,17,20,25H,4,9-12,15-16H2,(H,31,35);1H/t20?,25-;/m0./s1. The Balaban J connectivity index is 0.00000280. The second-order valence-electron chi connectivity index (χ2n) is 10.0. The molecule has 3 fully saturated rings. The number of carbonyl (C=O) groups is 1. The lowest BCUT2D eigenvalue weighted by Crippen LogP contribution is -2.58. The molecule has 6 nitrogen and oxygen atoms in total. The molecule has 1 amide bonds. The highest BCUT2D eigenvalue weighted by atomic mass is 35.5. The van der Waals surface area contributed by atoms with Gasteiger partial charge in [-0.25, -0.2) is 13.6 Å². The maximum atomic E-state index is 15.1. The number of nitrogens with zero attached hydrogens (tertiary/aromatic N) is 2. The molecule has 4 aliphatic rings. The zero-order chi connectivity index (χ0) is 24.8. The van der Waals surface area contributed by atoms with Gasteiger partial charge in [-0.05, 0) is 80.2 Å². The summed E-state index contributed by atoms with van der Waals surface area (Å²) in [6.45, 7) is 2.94. The van der Waals surface area contributed by atoms with Crippen LogP contribution in [0.2, 0.25) is 0 Å². The van der Waals surface area contributed by atoms with E-state index in [2.05, 4.69) is 9.88 Å². The van der Waals surface area contributed by atoms with Crippen LogP contribution in [0.4, 0.5) is 8.78 Å².